The van der Waals surface area contributed by atoms with E-state index in [1.807, 2.05) is 19.2 Å². The standard InChI is InChI=1S/C16H15ClN8S/c1-10-2-13(26-24-10)22-15-20-4-12(17)14(23-15)11-3-21-25(5-11)9-16(6-18)7-19-8-16/h2-5,19H,7-9H2,1H3,(H,20,22,23). The molecular weight excluding hydrogens is 372 g/mol. The summed E-state index contributed by atoms with van der Waals surface area (Å²) >= 11 is 7.63. The predicted octanol–water partition coefficient (Wildman–Crippen LogP) is 2.62. The maximum atomic E-state index is 9.36. The molecule has 132 valence electrons. The molecule has 1 aliphatic heterocycles. The van der Waals surface area contributed by atoms with Crippen molar-refractivity contribution in [2.24, 2.45) is 5.41 Å². The van der Waals surface area contributed by atoms with E-state index in [1.165, 1.54) is 11.5 Å². The van der Waals surface area contributed by atoms with Crippen LogP contribution in [0.15, 0.2) is 24.7 Å². The minimum absolute atomic E-state index is 0.393. The molecule has 4 rings (SSSR count). The molecule has 1 aliphatic rings. The zero-order valence-corrected chi connectivity index (χ0v) is 15.5. The molecule has 0 bridgehead atoms. The Kier molecular flexibility index (Phi) is 4.32. The van der Waals surface area contributed by atoms with Gasteiger partial charge in [0.1, 0.15) is 10.4 Å². The largest absolute Gasteiger partial charge is 0.314 e. The summed E-state index contributed by atoms with van der Waals surface area (Å²) in [5.41, 5.74) is 1.91. The first kappa shape index (κ1) is 16.9. The first-order valence-corrected chi connectivity index (χ1v) is 9.10. The summed E-state index contributed by atoms with van der Waals surface area (Å²) < 4.78 is 5.98. The van der Waals surface area contributed by atoms with Crippen LogP contribution in [0.4, 0.5) is 10.9 Å². The van der Waals surface area contributed by atoms with Crippen LogP contribution in [0, 0.1) is 23.7 Å². The summed E-state index contributed by atoms with van der Waals surface area (Å²) in [6, 6.07) is 4.30. The predicted molar refractivity (Wildman–Crippen MR) is 99.3 cm³/mol. The topological polar surface area (TPSA) is 104 Å². The maximum absolute atomic E-state index is 9.36. The van der Waals surface area contributed by atoms with Crippen LogP contribution in [0.1, 0.15) is 5.69 Å². The Morgan fingerprint density at radius 1 is 1.46 bits per heavy atom. The van der Waals surface area contributed by atoms with Crippen molar-refractivity contribution in [3.05, 3.63) is 35.4 Å². The van der Waals surface area contributed by atoms with Gasteiger partial charge >= 0.3 is 0 Å². The van der Waals surface area contributed by atoms with Crippen molar-refractivity contribution in [1.29, 1.82) is 5.26 Å². The molecule has 0 amide bonds. The lowest BCUT2D eigenvalue weighted by molar-refractivity contribution is 0.206. The average Bonchev–Trinajstić information content (AvgIpc) is 3.22. The van der Waals surface area contributed by atoms with Crippen LogP contribution in [0.3, 0.4) is 0 Å². The van der Waals surface area contributed by atoms with Crippen LogP contribution in [-0.2, 0) is 6.54 Å². The minimum atomic E-state index is -0.393. The summed E-state index contributed by atoms with van der Waals surface area (Å²) in [7, 11) is 0. The molecular formula is C16H15ClN8S. The van der Waals surface area contributed by atoms with E-state index in [-0.39, 0.29) is 0 Å². The minimum Gasteiger partial charge on any atom is -0.314 e. The normalized spacial score (nSPS) is 15.3. The van der Waals surface area contributed by atoms with E-state index < -0.39 is 5.41 Å². The number of anilines is 2. The number of aryl methyl sites for hydroxylation is 1. The summed E-state index contributed by atoms with van der Waals surface area (Å²) in [6.07, 6.45) is 5.11. The molecule has 3 aromatic heterocycles. The van der Waals surface area contributed by atoms with Gasteiger partial charge in [-0.1, -0.05) is 11.6 Å². The van der Waals surface area contributed by atoms with Gasteiger partial charge in [-0.05, 0) is 24.5 Å². The lowest BCUT2D eigenvalue weighted by atomic mass is 9.83. The van der Waals surface area contributed by atoms with E-state index in [1.54, 1.807) is 17.1 Å². The zero-order chi connectivity index (χ0) is 18.1. The number of halogens is 1. The fraction of sp³-hybridized carbons (Fsp3) is 0.312. The van der Waals surface area contributed by atoms with Gasteiger partial charge in [-0.2, -0.15) is 14.7 Å². The van der Waals surface area contributed by atoms with Crippen LogP contribution in [0.2, 0.25) is 5.02 Å². The van der Waals surface area contributed by atoms with Gasteiger partial charge < -0.3 is 10.6 Å². The van der Waals surface area contributed by atoms with Gasteiger partial charge in [-0.25, -0.2) is 9.97 Å². The van der Waals surface area contributed by atoms with E-state index in [0.717, 1.165) is 16.3 Å². The number of nitriles is 1. The Bertz CT molecular complexity index is 984. The fourth-order valence-electron chi connectivity index (χ4n) is 2.70. The number of nitrogens with one attached hydrogen (secondary N) is 2. The first-order chi connectivity index (χ1) is 12.6. The highest BCUT2D eigenvalue weighted by Gasteiger charge is 2.37. The second-order valence-corrected chi connectivity index (χ2v) is 7.48. The molecule has 0 unspecified atom stereocenters. The summed E-state index contributed by atoms with van der Waals surface area (Å²) in [6.45, 7) is 3.81. The number of nitrogens with zero attached hydrogens (tertiary/aromatic N) is 6. The first-order valence-electron chi connectivity index (χ1n) is 7.95. The second-order valence-electron chi connectivity index (χ2n) is 6.27. The molecule has 3 aromatic rings. The number of aromatic nitrogens is 5. The number of hydrogen-bond donors (Lipinski definition) is 2. The van der Waals surface area contributed by atoms with Gasteiger partial charge in [0.05, 0.1) is 41.4 Å². The highest BCUT2D eigenvalue weighted by molar-refractivity contribution is 7.10. The van der Waals surface area contributed by atoms with Crippen LogP contribution < -0.4 is 10.6 Å². The summed E-state index contributed by atoms with van der Waals surface area (Å²) in [5.74, 6) is 0.442. The van der Waals surface area contributed by atoms with Crippen LogP contribution in [0.25, 0.3) is 11.3 Å². The van der Waals surface area contributed by atoms with Gasteiger partial charge in [0.15, 0.2) is 0 Å². The third-order valence-electron chi connectivity index (χ3n) is 4.14. The number of hydrogen-bond acceptors (Lipinski definition) is 8. The van der Waals surface area contributed by atoms with Crippen LogP contribution in [-0.4, -0.2) is 37.2 Å². The SMILES string of the molecule is Cc1cc(Nc2ncc(Cl)c(-c3cnn(CC4(C#N)CNC4)c3)n2)sn1. The highest BCUT2D eigenvalue weighted by Crippen LogP contribution is 2.29. The van der Waals surface area contributed by atoms with Gasteiger partial charge in [0.25, 0.3) is 0 Å². The van der Waals surface area contributed by atoms with Crippen molar-refractivity contribution < 1.29 is 0 Å². The highest BCUT2D eigenvalue weighted by atomic mass is 35.5. The van der Waals surface area contributed by atoms with Gasteiger partial charge in [-0.15, -0.1) is 0 Å². The number of rotatable bonds is 5. The molecule has 26 heavy (non-hydrogen) atoms. The molecule has 1 fully saturated rings. The van der Waals surface area contributed by atoms with Crippen molar-refractivity contribution in [1.82, 2.24) is 29.4 Å². The van der Waals surface area contributed by atoms with Crippen molar-refractivity contribution in [3.63, 3.8) is 0 Å². The molecule has 0 spiro atoms. The van der Waals surface area contributed by atoms with E-state index >= 15 is 0 Å². The van der Waals surface area contributed by atoms with Crippen molar-refractivity contribution in [2.75, 3.05) is 18.4 Å². The van der Waals surface area contributed by atoms with E-state index in [4.69, 9.17) is 11.6 Å². The molecule has 0 atom stereocenters. The molecule has 8 nitrogen and oxygen atoms in total. The lowest BCUT2D eigenvalue weighted by Gasteiger charge is -2.35. The molecule has 1 saturated heterocycles. The Morgan fingerprint density at radius 2 is 2.31 bits per heavy atom. The monoisotopic (exact) mass is 386 g/mol. The maximum Gasteiger partial charge on any atom is 0.228 e. The average molecular weight is 387 g/mol. The Morgan fingerprint density at radius 3 is 2.96 bits per heavy atom. The molecule has 4 heterocycles. The smallest absolute Gasteiger partial charge is 0.228 e. The van der Waals surface area contributed by atoms with E-state index in [2.05, 4.69) is 36.1 Å². The Labute approximate surface area is 159 Å². The second kappa shape index (κ2) is 6.64. The van der Waals surface area contributed by atoms with Crippen molar-refractivity contribution in [2.45, 2.75) is 13.5 Å². The molecule has 0 aromatic carbocycles. The Balaban J connectivity index is 1.57. The zero-order valence-electron chi connectivity index (χ0n) is 13.9. The molecule has 0 aliphatic carbocycles. The van der Waals surface area contributed by atoms with E-state index in [0.29, 0.717) is 36.3 Å². The Hall–Kier alpha value is -2.54. The van der Waals surface area contributed by atoms with Crippen molar-refractivity contribution in [3.8, 4) is 17.3 Å². The van der Waals surface area contributed by atoms with Gasteiger partial charge in [-0.3, -0.25) is 4.68 Å². The van der Waals surface area contributed by atoms with Gasteiger partial charge in [0, 0.05) is 24.8 Å². The van der Waals surface area contributed by atoms with Crippen LogP contribution >= 0.6 is 23.1 Å². The molecule has 0 saturated carbocycles. The molecule has 0 radical (unpaired) electrons. The quantitative estimate of drug-likeness (QED) is 0.694. The summed E-state index contributed by atoms with van der Waals surface area (Å²) in [4.78, 5) is 8.72. The molecule has 10 heteroatoms. The van der Waals surface area contributed by atoms with Gasteiger partial charge in [0.2, 0.25) is 5.95 Å². The summed E-state index contributed by atoms with van der Waals surface area (Å²) in [5, 5.41) is 21.3. The van der Waals surface area contributed by atoms with Crippen LogP contribution in [0.5, 0.6) is 0 Å². The third-order valence-corrected chi connectivity index (χ3v) is 5.21. The fourth-order valence-corrected chi connectivity index (χ4v) is 3.55. The lowest BCUT2D eigenvalue weighted by Crippen LogP contribution is -2.54. The van der Waals surface area contributed by atoms with E-state index in [9.17, 15) is 5.26 Å². The third kappa shape index (κ3) is 3.26. The van der Waals surface area contributed by atoms with Crippen molar-refractivity contribution >= 4 is 34.1 Å². The molecule has 2 N–H and O–H groups in total.